The minimum absolute atomic E-state index is 0.0801. The van der Waals surface area contributed by atoms with E-state index in [0.29, 0.717) is 17.3 Å². The molecular formula is C22H24ClN5O2. The lowest BCUT2D eigenvalue weighted by molar-refractivity contribution is -0.131. The molecule has 2 aromatic carbocycles. The Labute approximate surface area is 180 Å². The molecule has 0 saturated carbocycles. The first kappa shape index (κ1) is 21.5. The summed E-state index contributed by atoms with van der Waals surface area (Å²) in [4.78, 5) is 28.0. The van der Waals surface area contributed by atoms with E-state index in [1.165, 1.54) is 0 Å². The van der Waals surface area contributed by atoms with Gasteiger partial charge >= 0.3 is 0 Å². The maximum absolute atomic E-state index is 12.5. The number of halogens is 1. The number of carbonyl (C=O) groups is 2. The molecule has 3 aromatic rings. The van der Waals surface area contributed by atoms with E-state index < -0.39 is 0 Å². The van der Waals surface area contributed by atoms with E-state index >= 15 is 0 Å². The van der Waals surface area contributed by atoms with Gasteiger partial charge in [-0.25, -0.2) is 4.68 Å². The zero-order chi connectivity index (χ0) is 21.5. The molecule has 7 nitrogen and oxygen atoms in total. The Morgan fingerprint density at radius 1 is 1.03 bits per heavy atom. The van der Waals surface area contributed by atoms with Crippen molar-refractivity contribution in [3.63, 3.8) is 0 Å². The molecule has 1 N–H and O–H groups in total. The second kappa shape index (κ2) is 10.0. The zero-order valence-electron chi connectivity index (χ0n) is 17.0. The van der Waals surface area contributed by atoms with Gasteiger partial charge in [-0.15, -0.1) is 0 Å². The number of amides is 2. The summed E-state index contributed by atoms with van der Waals surface area (Å²) in [5, 5.41) is 7.58. The van der Waals surface area contributed by atoms with Crippen molar-refractivity contribution in [2.75, 3.05) is 32.5 Å². The van der Waals surface area contributed by atoms with Crippen LogP contribution < -0.4 is 5.32 Å². The molecule has 0 radical (unpaired) electrons. The van der Waals surface area contributed by atoms with Crippen LogP contribution in [0.3, 0.4) is 0 Å². The molecule has 156 valence electrons. The van der Waals surface area contributed by atoms with Crippen LogP contribution in [0.25, 0.3) is 5.69 Å². The van der Waals surface area contributed by atoms with E-state index in [9.17, 15) is 9.59 Å². The van der Waals surface area contributed by atoms with Gasteiger partial charge in [-0.05, 0) is 31.3 Å². The fourth-order valence-electron chi connectivity index (χ4n) is 2.93. The molecule has 0 spiro atoms. The van der Waals surface area contributed by atoms with E-state index in [-0.39, 0.29) is 24.9 Å². The molecule has 0 aliphatic carbocycles. The number of hydrogen-bond acceptors (Lipinski definition) is 4. The first-order chi connectivity index (χ1) is 14.4. The standard InChI is InChI=1S/C22H24ClN5O2/c1-26(15-21(29)25-20-11-7-6-10-19(20)23)16-22(30)27(2)13-17-12-24-28(14-17)18-8-4-3-5-9-18/h3-12,14H,13,15-16H2,1-2H3,(H,25,29). The fourth-order valence-corrected chi connectivity index (χ4v) is 3.11. The average molecular weight is 426 g/mol. The molecule has 0 aliphatic rings. The molecule has 8 heteroatoms. The normalized spacial score (nSPS) is 10.8. The van der Waals surface area contributed by atoms with Crippen molar-refractivity contribution in [1.29, 1.82) is 0 Å². The van der Waals surface area contributed by atoms with Crippen molar-refractivity contribution in [3.05, 3.63) is 77.6 Å². The second-order valence-electron chi connectivity index (χ2n) is 7.08. The van der Waals surface area contributed by atoms with Gasteiger partial charge in [0.2, 0.25) is 11.8 Å². The summed E-state index contributed by atoms with van der Waals surface area (Å²) < 4.78 is 1.78. The van der Waals surface area contributed by atoms with Gasteiger partial charge in [-0.1, -0.05) is 41.9 Å². The molecule has 2 amide bonds. The number of para-hydroxylation sites is 2. The number of benzene rings is 2. The highest BCUT2D eigenvalue weighted by atomic mass is 35.5. The van der Waals surface area contributed by atoms with Crippen LogP contribution >= 0.6 is 11.6 Å². The van der Waals surface area contributed by atoms with Crippen LogP contribution in [-0.2, 0) is 16.1 Å². The average Bonchev–Trinajstić information content (AvgIpc) is 3.18. The van der Waals surface area contributed by atoms with E-state index in [4.69, 9.17) is 11.6 Å². The summed E-state index contributed by atoms with van der Waals surface area (Å²) in [7, 11) is 3.46. The number of aromatic nitrogens is 2. The maximum Gasteiger partial charge on any atom is 0.238 e. The van der Waals surface area contributed by atoms with Crippen LogP contribution in [0.4, 0.5) is 5.69 Å². The van der Waals surface area contributed by atoms with Gasteiger partial charge in [0.05, 0.1) is 35.7 Å². The lowest BCUT2D eigenvalue weighted by atomic mass is 10.3. The third-order valence-electron chi connectivity index (χ3n) is 4.47. The number of rotatable bonds is 8. The van der Waals surface area contributed by atoms with Crippen LogP contribution in [0, 0.1) is 0 Å². The Bertz CT molecular complexity index is 1010. The lowest BCUT2D eigenvalue weighted by Crippen LogP contribution is -2.39. The number of likely N-dealkylation sites (N-methyl/N-ethyl adjacent to an activating group) is 2. The third kappa shape index (κ3) is 5.92. The molecule has 30 heavy (non-hydrogen) atoms. The first-order valence-electron chi connectivity index (χ1n) is 9.48. The summed E-state index contributed by atoms with van der Waals surface area (Å²) in [6.07, 6.45) is 3.65. The van der Waals surface area contributed by atoms with Crippen LogP contribution in [-0.4, -0.2) is 58.6 Å². The molecule has 0 saturated heterocycles. The number of carbonyl (C=O) groups excluding carboxylic acids is 2. The van der Waals surface area contributed by atoms with E-state index in [1.54, 1.807) is 59.0 Å². The second-order valence-corrected chi connectivity index (χ2v) is 7.49. The van der Waals surface area contributed by atoms with Gasteiger partial charge in [-0.2, -0.15) is 5.10 Å². The van der Waals surface area contributed by atoms with Crippen molar-refractivity contribution < 1.29 is 9.59 Å². The smallest absolute Gasteiger partial charge is 0.238 e. The zero-order valence-corrected chi connectivity index (χ0v) is 17.7. The highest BCUT2D eigenvalue weighted by Gasteiger charge is 2.16. The lowest BCUT2D eigenvalue weighted by Gasteiger charge is -2.21. The SMILES string of the molecule is CN(CC(=O)Nc1ccccc1Cl)CC(=O)N(C)Cc1cnn(-c2ccccc2)c1. The van der Waals surface area contributed by atoms with Crippen molar-refractivity contribution in [2.24, 2.45) is 0 Å². The van der Waals surface area contributed by atoms with Crippen molar-refractivity contribution in [1.82, 2.24) is 19.6 Å². The summed E-state index contributed by atoms with van der Waals surface area (Å²) in [5.41, 5.74) is 2.44. The molecule has 1 heterocycles. The van der Waals surface area contributed by atoms with Crippen LogP contribution in [0.1, 0.15) is 5.56 Å². The minimum atomic E-state index is -0.231. The molecule has 0 unspecified atom stereocenters. The molecule has 0 atom stereocenters. The highest BCUT2D eigenvalue weighted by Crippen LogP contribution is 2.20. The van der Waals surface area contributed by atoms with E-state index in [2.05, 4.69) is 10.4 Å². The first-order valence-corrected chi connectivity index (χ1v) is 9.86. The molecule has 0 aliphatic heterocycles. The molecule has 0 fully saturated rings. The van der Waals surface area contributed by atoms with Gasteiger partial charge in [0.15, 0.2) is 0 Å². The van der Waals surface area contributed by atoms with Crippen LogP contribution in [0.2, 0.25) is 5.02 Å². The Hall–Kier alpha value is -3.16. The van der Waals surface area contributed by atoms with Crippen molar-refractivity contribution in [3.8, 4) is 5.69 Å². The summed E-state index contributed by atoms with van der Waals surface area (Å²) in [6.45, 7) is 0.640. The van der Waals surface area contributed by atoms with Crippen molar-refractivity contribution >= 4 is 29.1 Å². The Morgan fingerprint density at radius 2 is 1.73 bits per heavy atom. The third-order valence-corrected chi connectivity index (χ3v) is 4.80. The Balaban J connectivity index is 1.48. The topological polar surface area (TPSA) is 70.5 Å². The summed E-state index contributed by atoms with van der Waals surface area (Å²) >= 11 is 6.05. The van der Waals surface area contributed by atoms with E-state index in [0.717, 1.165) is 11.3 Å². The number of nitrogens with zero attached hydrogens (tertiary/aromatic N) is 4. The minimum Gasteiger partial charge on any atom is -0.340 e. The highest BCUT2D eigenvalue weighted by molar-refractivity contribution is 6.33. The maximum atomic E-state index is 12.5. The number of hydrogen-bond donors (Lipinski definition) is 1. The predicted molar refractivity (Wildman–Crippen MR) is 118 cm³/mol. The molecule has 0 bridgehead atoms. The summed E-state index contributed by atoms with van der Waals surface area (Å²) in [6, 6.07) is 16.8. The predicted octanol–water partition coefficient (Wildman–Crippen LogP) is 3.05. The Kier molecular flexibility index (Phi) is 7.21. The van der Waals surface area contributed by atoms with Gasteiger partial charge in [0, 0.05) is 25.4 Å². The molecule has 1 aromatic heterocycles. The van der Waals surface area contributed by atoms with Gasteiger partial charge in [0.25, 0.3) is 0 Å². The van der Waals surface area contributed by atoms with Crippen LogP contribution in [0.15, 0.2) is 67.0 Å². The molecule has 3 rings (SSSR count). The largest absolute Gasteiger partial charge is 0.340 e. The van der Waals surface area contributed by atoms with E-state index in [1.807, 2.05) is 36.5 Å². The monoisotopic (exact) mass is 425 g/mol. The number of nitrogens with one attached hydrogen (secondary N) is 1. The number of anilines is 1. The quantitative estimate of drug-likeness (QED) is 0.602. The fraction of sp³-hybridized carbons (Fsp3) is 0.227. The van der Waals surface area contributed by atoms with Gasteiger partial charge < -0.3 is 10.2 Å². The van der Waals surface area contributed by atoms with Gasteiger partial charge in [0.1, 0.15) is 0 Å². The van der Waals surface area contributed by atoms with Gasteiger partial charge in [-0.3, -0.25) is 14.5 Å². The summed E-state index contributed by atoms with van der Waals surface area (Å²) in [5.74, 6) is -0.319. The van der Waals surface area contributed by atoms with Crippen LogP contribution in [0.5, 0.6) is 0 Å². The van der Waals surface area contributed by atoms with Crippen molar-refractivity contribution in [2.45, 2.75) is 6.54 Å². The molecular weight excluding hydrogens is 402 g/mol. The Morgan fingerprint density at radius 3 is 2.47 bits per heavy atom.